The Morgan fingerprint density at radius 3 is 2.35 bits per heavy atom. The maximum Gasteiger partial charge on any atom is 0.223 e. The van der Waals surface area contributed by atoms with Gasteiger partial charge in [0.1, 0.15) is 0 Å². The maximum atomic E-state index is 12.1. The summed E-state index contributed by atoms with van der Waals surface area (Å²) in [4.78, 5) is 27.2. The fourth-order valence-electron chi connectivity index (χ4n) is 3.02. The SMILES string of the molecule is NC(=O)CC1CCN(CCC(=O)N2CCNCC2)CC1. The molecule has 0 bridgehead atoms. The fraction of sp³-hybridized carbons (Fsp3) is 0.857. The highest BCUT2D eigenvalue weighted by molar-refractivity contribution is 5.76. The second-order valence-electron chi connectivity index (χ2n) is 5.84. The predicted molar refractivity (Wildman–Crippen MR) is 77.0 cm³/mol. The highest BCUT2D eigenvalue weighted by atomic mass is 16.2. The lowest BCUT2D eigenvalue weighted by atomic mass is 9.93. The summed E-state index contributed by atoms with van der Waals surface area (Å²) in [7, 11) is 0. The number of nitrogens with two attached hydrogens (primary N) is 1. The first-order chi connectivity index (χ1) is 9.65. The molecular weight excluding hydrogens is 256 g/mol. The number of carbonyl (C=O) groups excluding carboxylic acids is 2. The summed E-state index contributed by atoms with van der Waals surface area (Å²) in [5.41, 5.74) is 5.23. The summed E-state index contributed by atoms with van der Waals surface area (Å²) in [6.45, 7) is 6.28. The number of nitrogens with one attached hydrogen (secondary N) is 1. The van der Waals surface area contributed by atoms with Crippen LogP contribution in [-0.4, -0.2) is 67.4 Å². The third-order valence-corrected chi connectivity index (χ3v) is 4.31. The number of hydrogen-bond acceptors (Lipinski definition) is 4. The molecule has 2 saturated heterocycles. The minimum absolute atomic E-state index is 0.197. The average Bonchev–Trinajstić information content (AvgIpc) is 2.46. The van der Waals surface area contributed by atoms with Crippen LogP contribution in [0, 0.1) is 5.92 Å². The van der Waals surface area contributed by atoms with Crippen molar-refractivity contribution >= 4 is 11.8 Å². The number of carbonyl (C=O) groups is 2. The van der Waals surface area contributed by atoms with Gasteiger partial charge in [0.15, 0.2) is 0 Å². The van der Waals surface area contributed by atoms with Gasteiger partial charge in [-0.05, 0) is 31.8 Å². The van der Waals surface area contributed by atoms with E-state index in [-0.39, 0.29) is 11.8 Å². The monoisotopic (exact) mass is 282 g/mol. The Kier molecular flexibility index (Phi) is 5.79. The van der Waals surface area contributed by atoms with Crippen molar-refractivity contribution in [2.45, 2.75) is 25.7 Å². The van der Waals surface area contributed by atoms with Crippen molar-refractivity contribution in [2.75, 3.05) is 45.8 Å². The zero-order valence-corrected chi connectivity index (χ0v) is 12.1. The third-order valence-electron chi connectivity index (χ3n) is 4.31. The van der Waals surface area contributed by atoms with Gasteiger partial charge >= 0.3 is 0 Å². The molecule has 0 saturated carbocycles. The first-order valence-electron chi connectivity index (χ1n) is 7.64. The molecule has 0 aromatic heterocycles. The molecule has 2 aliphatic rings. The van der Waals surface area contributed by atoms with Gasteiger partial charge in [-0.1, -0.05) is 0 Å². The molecule has 114 valence electrons. The molecule has 0 aromatic carbocycles. The van der Waals surface area contributed by atoms with Crippen LogP contribution in [-0.2, 0) is 9.59 Å². The molecule has 0 radical (unpaired) electrons. The summed E-state index contributed by atoms with van der Waals surface area (Å²) >= 11 is 0. The van der Waals surface area contributed by atoms with Gasteiger partial charge in [-0.3, -0.25) is 9.59 Å². The number of nitrogens with zero attached hydrogens (tertiary/aromatic N) is 2. The van der Waals surface area contributed by atoms with Crippen molar-refractivity contribution in [3.05, 3.63) is 0 Å². The van der Waals surface area contributed by atoms with Crippen molar-refractivity contribution in [2.24, 2.45) is 11.7 Å². The topological polar surface area (TPSA) is 78.7 Å². The Morgan fingerprint density at radius 1 is 1.10 bits per heavy atom. The van der Waals surface area contributed by atoms with E-state index in [1.54, 1.807) is 0 Å². The fourth-order valence-corrected chi connectivity index (χ4v) is 3.02. The quantitative estimate of drug-likeness (QED) is 0.705. The van der Waals surface area contributed by atoms with Gasteiger partial charge in [-0.15, -0.1) is 0 Å². The van der Waals surface area contributed by atoms with Crippen molar-refractivity contribution in [3.63, 3.8) is 0 Å². The number of likely N-dealkylation sites (tertiary alicyclic amines) is 1. The number of amides is 2. The van der Waals surface area contributed by atoms with Crippen LogP contribution in [0.2, 0.25) is 0 Å². The van der Waals surface area contributed by atoms with Crippen LogP contribution >= 0.6 is 0 Å². The zero-order chi connectivity index (χ0) is 14.4. The van der Waals surface area contributed by atoms with Crippen LogP contribution in [0.3, 0.4) is 0 Å². The molecule has 2 fully saturated rings. The molecule has 20 heavy (non-hydrogen) atoms. The predicted octanol–water partition coefficient (Wildman–Crippen LogP) is -0.604. The van der Waals surface area contributed by atoms with Gasteiger partial charge in [-0.2, -0.15) is 0 Å². The van der Waals surface area contributed by atoms with E-state index in [0.717, 1.165) is 58.7 Å². The molecule has 2 rings (SSSR count). The first kappa shape index (κ1) is 15.3. The Balaban J connectivity index is 1.63. The molecule has 6 nitrogen and oxygen atoms in total. The van der Waals surface area contributed by atoms with Crippen LogP contribution in [0.25, 0.3) is 0 Å². The van der Waals surface area contributed by atoms with Crippen LogP contribution in [0.4, 0.5) is 0 Å². The molecular formula is C14H26N4O2. The molecule has 0 aromatic rings. The van der Waals surface area contributed by atoms with Crippen molar-refractivity contribution in [1.29, 1.82) is 0 Å². The molecule has 0 atom stereocenters. The number of primary amides is 1. The Labute approximate surface area is 120 Å². The smallest absolute Gasteiger partial charge is 0.223 e. The molecule has 2 heterocycles. The van der Waals surface area contributed by atoms with Crippen LogP contribution in [0.1, 0.15) is 25.7 Å². The molecule has 3 N–H and O–H groups in total. The van der Waals surface area contributed by atoms with Crippen molar-refractivity contribution in [1.82, 2.24) is 15.1 Å². The first-order valence-corrected chi connectivity index (χ1v) is 7.64. The van der Waals surface area contributed by atoms with Gasteiger partial charge in [0, 0.05) is 45.6 Å². The molecule has 0 unspecified atom stereocenters. The molecule has 0 aliphatic carbocycles. The summed E-state index contributed by atoms with van der Waals surface area (Å²) in [5.74, 6) is 0.510. The van der Waals surface area contributed by atoms with Crippen molar-refractivity contribution < 1.29 is 9.59 Å². The molecule has 2 amide bonds. The minimum atomic E-state index is -0.197. The van der Waals surface area contributed by atoms with Crippen LogP contribution < -0.4 is 11.1 Å². The average molecular weight is 282 g/mol. The maximum absolute atomic E-state index is 12.1. The van der Waals surface area contributed by atoms with Gasteiger partial charge in [0.2, 0.25) is 11.8 Å². The second-order valence-corrected chi connectivity index (χ2v) is 5.84. The highest BCUT2D eigenvalue weighted by Crippen LogP contribution is 2.20. The van der Waals surface area contributed by atoms with Gasteiger partial charge in [0.25, 0.3) is 0 Å². The summed E-state index contributed by atoms with van der Waals surface area (Å²) < 4.78 is 0. The largest absolute Gasteiger partial charge is 0.370 e. The molecule has 0 spiro atoms. The Bertz CT molecular complexity index is 334. The number of rotatable bonds is 5. The van der Waals surface area contributed by atoms with E-state index in [2.05, 4.69) is 10.2 Å². The number of piperidine rings is 1. The van der Waals surface area contributed by atoms with Gasteiger partial charge in [-0.25, -0.2) is 0 Å². The minimum Gasteiger partial charge on any atom is -0.370 e. The van der Waals surface area contributed by atoms with Crippen molar-refractivity contribution in [3.8, 4) is 0 Å². The summed E-state index contributed by atoms with van der Waals surface area (Å²) in [6.07, 6.45) is 3.16. The van der Waals surface area contributed by atoms with Crippen LogP contribution in [0.15, 0.2) is 0 Å². The van der Waals surface area contributed by atoms with E-state index < -0.39 is 0 Å². The molecule has 6 heteroatoms. The third kappa shape index (κ3) is 4.76. The zero-order valence-electron chi connectivity index (χ0n) is 12.1. The van der Waals surface area contributed by atoms with E-state index in [0.29, 0.717) is 18.8 Å². The standard InChI is InChI=1S/C14H26N4O2/c15-13(19)11-12-1-6-17(7-2-12)8-3-14(20)18-9-4-16-5-10-18/h12,16H,1-11H2,(H2,15,19). The van der Waals surface area contributed by atoms with E-state index in [1.807, 2.05) is 4.90 Å². The van der Waals surface area contributed by atoms with E-state index >= 15 is 0 Å². The number of piperazine rings is 1. The number of hydrogen-bond donors (Lipinski definition) is 2. The van der Waals surface area contributed by atoms with Gasteiger partial charge < -0.3 is 20.9 Å². The van der Waals surface area contributed by atoms with Gasteiger partial charge in [0.05, 0.1) is 0 Å². The lowest BCUT2D eigenvalue weighted by Gasteiger charge is -2.32. The Morgan fingerprint density at radius 2 is 1.75 bits per heavy atom. The van der Waals surface area contributed by atoms with E-state index in [1.165, 1.54) is 0 Å². The normalized spacial score (nSPS) is 21.9. The second kappa shape index (κ2) is 7.59. The summed E-state index contributed by atoms with van der Waals surface area (Å²) in [5, 5.41) is 3.25. The van der Waals surface area contributed by atoms with E-state index in [9.17, 15) is 9.59 Å². The molecule has 2 aliphatic heterocycles. The summed E-state index contributed by atoms with van der Waals surface area (Å²) in [6, 6.07) is 0. The Hall–Kier alpha value is -1.14. The van der Waals surface area contributed by atoms with E-state index in [4.69, 9.17) is 5.73 Å². The highest BCUT2D eigenvalue weighted by Gasteiger charge is 2.22. The lowest BCUT2D eigenvalue weighted by molar-refractivity contribution is -0.132. The lowest BCUT2D eigenvalue weighted by Crippen LogP contribution is -2.47. The van der Waals surface area contributed by atoms with Crippen LogP contribution in [0.5, 0.6) is 0 Å².